The van der Waals surface area contributed by atoms with E-state index in [-0.39, 0.29) is 31.1 Å². The first-order valence-corrected chi connectivity index (χ1v) is 29.5. The molecule has 0 fully saturated rings. The minimum atomic E-state index is -0.776. The zero-order valence-electron chi connectivity index (χ0n) is 44.9. The highest BCUT2D eigenvalue weighted by atomic mass is 16.6. The molecular weight excluding hydrogens is 829 g/mol. The first kappa shape index (κ1) is 64.6. The summed E-state index contributed by atoms with van der Waals surface area (Å²) in [5, 5.41) is 0. The number of carbonyl (C=O) groups excluding carboxylic acids is 3. The van der Waals surface area contributed by atoms with Gasteiger partial charge in [0, 0.05) is 19.3 Å². The van der Waals surface area contributed by atoms with E-state index in [1.54, 1.807) is 0 Å². The lowest BCUT2D eigenvalue weighted by Crippen LogP contribution is -2.30. The van der Waals surface area contributed by atoms with Gasteiger partial charge in [-0.15, -0.1) is 0 Å². The molecule has 0 aliphatic carbocycles. The Labute approximate surface area is 416 Å². The molecular formula is C61H112O6. The van der Waals surface area contributed by atoms with Crippen molar-refractivity contribution in [1.29, 1.82) is 0 Å². The van der Waals surface area contributed by atoms with Gasteiger partial charge in [0.05, 0.1) is 0 Å². The topological polar surface area (TPSA) is 78.9 Å². The molecule has 6 heteroatoms. The second kappa shape index (κ2) is 56.2. The third kappa shape index (κ3) is 54.4. The highest BCUT2D eigenvalue weighted by molar-refractivity contribution is 5.71. The van der Waals surface area contributed by atoms with E-state index in [0.717, 1.165) is 70.6 Å². The lowest BCUT2D eigenvalue weighted by atomic mass is 10.1. The molecule has 0 heterocycles. The third-order valence-corrected chi connectivity index (χ3v) is 13.1. The molecule has 0 aliphatic heterocycles. The number of allylic oxidation sites excluding steroid dienone is 6. The van der Waals surface area contributed by atoms with Crippen LogP contribution in [0.2, 0.25) is 0 Å². The van der Waals surface area contributed by atoms with E-state index in [2.05, 4.69) is 57.2 Å². The zero-order chi connectivity index (χ0) is 48.6. The molecule has 0 radical (unpaired) electrons. The van der Waals surface area contributed by atoms with Crippen LogP contribution in [0.5, 0.6) is 0 Å². The van der Waals surface area contributed by atoms with E-state index in [0.29, 0.717) is 19.3 Å². The highest BCUT2D eigenvalue weighted by Crippen LogP contribution is 2.16. The molecule has 0 aromatic heterocycles. The zero-order valence-corrected chi connectivity index (χ0v) is 44.9. The minimum Gasteiger partial charge on any atom is -0.462 e. The number of ether oxygens (including phenoxy) is 3. The number of unbranched alkanes of at least 4 members (excludes halogenated alkanes) is 37. The van der Waals surface area contributed by atoms with Crippen LogP contribution in [-0.2, 0) is 28.6 Å². The van der Waals surface area contributed by atoms with Crippen LogP contribution in [0.3, 0.4) is 0 Å². The summed E-state index contributed by atoms with van der Waals surface area (Å²) < 4.78 is 16.8. The lowest BCUT2D eigenvalue weighted by Gasteiger charge is -2.18. The Morgan fingerprint density at radius 2 is 0.522 bits per heavy atom. The Hall–Kier alpha value is -2.37. The molecule has 0 aromatic rings. The standard InChI is InChI=1S/C61H112O6/c1-4-7-10-13-16-19-22-24-26-28-30-31-32-34-35-37-39-42-45-48-51-54-60(63)66-57-58(56-65-59(62)53-50-47-44-41-21-18-15-12-9-6-3)67-61(64)55-52-49-46-43-40-38-36-33-29-27-25-23-20-17-14-11-8-5-2/h12,15,27-30,58H,4-11,13-14,16-26,31-57H2,1-3H3/b15-12-,29-27-,30-28-. The molecule has 0 rings (SSSR count). The van der Waals surface area contributed by atoms with Crippen molar-refractivity contribution < 1.29 is 28.6 Å². The SMILES string of the molecule is CCC/C=C\CCCCCCCC(=O)OCC(COC(=O)CCCCCCCCCCC/C=C\CCCCCCCCCC)OC(=O)CCCCCCCCC/C=C\CCCCCCCCC. The smallest absolute Gasteiger partial charge is 0.306 e. The third-order valence-electron chi connectivity index (χ3n) is 13.1. The van der Waals surface area contributed by atoms with E-state index in [1.807, 2.05) is 0 Å². The number of carbonyl (C=O) groups is 3. The first-order chi connectivity index (χ1) is 33.0. The average Bonchev–Trinajstić information content (AvgIpc) is 3.33. The minimum absolute atomic E-state index is 0.0755. The van der Waals surface area contributed by atoms with Crippen molar-refractivity contribution in [2.24, 2.45) is 0 Å². The van der Waals surface area contributed by atoms with Crippen molar-refractivity contribution >= 4 is 17.9 Å². The molecule has 0 amide bonds. The molecule has 1 atom stereocenters. The summed E-state index contributed by atoms with van der Waals surface area (Å²) in [6.45, 7) is 6.60. The summed E-state index contributed by atoms with van der Waals surface area (Å²) in [6, 6.07) is 0. The van der Waals surface area contributed by atoms with Crippen LogP contribution in [-0.4, -0.2) is 37.2 Å². The van der Waals surface area contributed by atoms with E-state index in [4.69, 9.17) is 14.2 Å². The molecule has 0 aromatic carbocycles. The summed E-state index contributed by atoms with van der Waals surface area (Å²) in [5.74, 6) is -0.878. The molecule has 0 N–H and O–H groups in total. The Morgan fingerprint density at radius 1 is 0.284 bits per heavy atom. The normalized spacial score (nSPS) is 12.2. The predicted molar refractivity (Wildman–Crippen MR) is 289 cm³/mol. The van der Waals surface area contributed by atoms with Crippen molar-refractivity contribution in [2.45, 2.75) is 322 Å². The van der Waals surface area contributed by atoms with Gasteiger partial charge in [-0.3, -0.25) is 14.4 Å². The summed E-state index contributed by atoms with van der Waals surface area (Å²) in [4.78, 5) is 38.1. The fraction of sp³-hybridized carbons (Fsp3) is 0.852. The summed E-state index contributed by atoms with van der Waals surface area (Å²) >= 11 is 0. The molecule has 1 unspecified atom stereocenters. The van der Waals surface area contributed by atoms with Crippen LogP contribution < -0.4 is 0 Å². The Balaban J connectivity index is 4.26. The maximum atomic E-state index is 12.8. The van der Waals surface area contributed by atoms with Crippen molar-refractivity contribution in [3.8, 4) is 0 Å². The van der Waals surface area contributed by atoms with Crippen molar-refractivity contribution in [2.75, 3.05) is 13.2 Å². The van der Waals surface area contributed by atoms with E-state index < -0.39 is 6.10 Å². The maximum absolute atomic E-state index is 12.8. The Bertz CT molecular complexity index is 1130. The van der Waals surface area contributed by atoms with E-state index >= 15 is 0 Å². The number of hydrogen-bond donors (Lipinski definition) is 0. The van der Waals surface area contributed by atoms with E-state index in [1.165, 1.54) is 205 Å². The fourth-order valence-electron chi connectivity index (χ4n) is 8.61. The van der Waals surface area contributed by atoms with Crippen LogP contribution >= 0.6 is 0 Å². The molecule has 0 saturated heterocycles. The molecule has 6 nitrogen and oxygen atoms in total. The second-order valence-corrected chi connectivity index (χ2v) is 19.9. The van der Waals surface area contributed by atoms with Gasteiger partial charge in [0.15, 0.2) is 6.10 Å². The van der Waals surface area contributed by atoms with Gasteiger partial charge in [0.25, 0.3) is 0 Å². The van der Waals surface area contributed by atoms with Crippen LogP contribution in [0.15, 0.2) is 36.5 Å². The quantitative estimate of drug-likeness (QED) is 0.0262. The second-order valence-electron chi connectivity index (χ2n) is 19.9. The number of esters is 3. The van der Waals surface area contributed by atoms with Gasteiger partial charge in [0.2, 0.25) is 0 Å². The molecule has 67 heavy (non-hydrogen) atoms. The molecule has 0 bridgehead atoms. The van der Waals surface area contributed by atoms with Gasteiger partial charge < -0.3 is 14.2 Å². The summed E-state index contributed by atoms with van der Waals surface area (Å²) in [6.07, 6.45) is 67.2. The van der Waals surface area contributed by atoms with Gasteiger partial charge in [0.1, 0.15) is 13.2 Å². The van der Waals surface area contributed by atoms with Gasteiger partial charge >= 0.3 is 17.9 Å². The van der Waals surface area contributed by atoms with Crippen LogP contribution in [0.4, 0.5) is 0 Å². The van der Waals surface area contributed by atoms with Crippen molar-refractivity contribution in [3.05, 3.63) is 36.5 Å². The van der Waals surface area contributed by atoms with Gasteiger partial charge in [-0.1, -0.05) is 243 Å². The van der Waals surface area contributed by atoms with Crippen LogP contribution in [0.25, 0.3) is 0 Å². The molecule has 0 spiro atoms. The van der Waals surface area contributed by atoms with Gasteiger partial charge in [-0.2, -0.15) is 0 Å². The lowest BCUT2D eigenvalue weighted by molar-refractivity contribution is -0.167. The van der Waals surface area contributed by atoms with Crippen molar-refractivity contribution in [1.82, 2.24) is 0 Å². The van der Waals surface area contributed by atoms with E-state index in [9.17, 15) is 14.4 Å². The maximum Gasteiger partial charge on any atom is 0.306 e. The largest absolute Gasteiger partial charge is 0.462 e. The average molecular weight is 942 g/mol. The van der Waals surface area contributed by atoms with Crippen LogP contribution in [0.1, 0.15) is 316 Å². The van der Waals surface area contributed by atoms with Crippen molar-refractivity contribution in [3.63, 3.8) is 0 Å². The first-order valence-electron chi connectivity index (χ1n) is 29.5. The Morgan fingerprint density at radius 3 is 0.806 bits per heavy atom. The van der Waals surface area contributed by atoms with Gasteiger partial charge in [-0.05, 0) is 89.9 Å². The highest BCUT2D eigenvalue weighted by Gasteiger charge is 2.19. The number of hydrogen-bond acceptors (Lipinski definition) is 6. The summed E-state index contributed by atoms with van der Waals surface area (Å²) in [7, 11) is 0. The monoisotopic (exact) mass is 941 g/mol. The summed E-state index contributed by atoms with van der Waals surface area (Å²) in [5.41, 5.74) is 0. The molecule has 0 saturated carbocycles. The number of rotatable bonds is 54. The molecule has 392 valence electrons. The van der Waals surface area contributed by atoms with Crippen LogP contribution in [0, 0.1) is 0 Å². The Kier molecular flexibility index (Phi) is 54.2. The predicted octanol–water partition coefficient (Wildman–Crippen LogP) is 19.7. The van der Waals surface area contributed by atoms with Gasteiger partial charge in [-0.25, -0.2) is 0 Å². The fourth-order valence-corrected chi connectivity index (χ4v) is 8.61. The molecule has 0 aliphatic rings.